The SMILES string of the molecule is O=C(CCNC(=O)c1ccco1)NCc1ccccc1-c1ccc(Cn2cccn2)cc1. The minimum atomic E-state index is -0.329. The van der Waals surface area contributed by atoms with Crippen molar-refractivity contribution < 1.29 is 14.0 Å². The third-order valence-electron chi connectivity index (χ3n) is 5.04. The van der Waals surface area contributed by atoms with E-state index in [1.807, 2.05) is 41.2 Å². The molecule has 0 unspecified atom stereocenters. The summed E-state index contributed by atoms with van der Waals surface area (Å²) in [7, 11) is 0. The van der Waals surface area contributed by atoms with Gasteiger partial charge in [0.05, 0.1) is 12.8 Å². The van der Waals surface area contributed by atoms with Gasteiger partial charge in [-0.15, -0.1) is 0 Å². The van der Waals surface area contributed by atoms with E-state index in [9.17, 15) is 9.59 Å². The molecule has 0 saturated carbocycles. The standard InChI is InChI=1S/C25H24N4O3/c30-24(12-14-26-25(31)23-7-3-16-32-23)27-17-21-5-1-2-6-22(21)20-10-8-19(9-11-20)18-29-15-4-13-28-29/h1-11,13,15-16H,12,14,17-18H2,(H,26,31)(H,27,30). The second-order valence-corrected chi connectivity index (χ2v) is 7.32. The van der Waals surface area contributed by atoms with Gasteiger partial charge >= 0.3 is 0 Å². The van der Waals surface area contributed by atoms with Gasteiger partial charge in [0.15, 0.2) is 5.76 Å². The maximum Gasteiger partial charge on any atom is 0.286 e. The first kappa shape index (κ1) is 21.1. The van der Waals surface area contributed by atoms with Crippen LogP contribution in [0.2, 0.25) is 0 Å². The van der Waals surface area contributed by atoms with Crippen LogP contribution in [0.3, 0.4) is 0 Å². The number of nitrogens with zero attached hydrogens (tertiary/aromatic N) is 2. The highest BCUT2D eigenvalue weighted by molar-refractivity contribution is 5.91. The van der Waals surface area contributed by atoms with Gasteiger partial charge in [0, 0.05) is 31.9 Å². The molecule has 0 fully saturated rings. The predicted molar refractivity (Wildman–Crippen MR) is 121 cm³/mol. The highest BCUT2D eigenvalue weighted by Crippen LogP contribution is 2.24. The van der Waals surface area contributed by atoms with Crippen molar-refractivity contribution in [3.05, 3.63) is 102 Å². The zero-order valence-corrected chi connectivity index (χ0v) is 17.5. The van der Waals surface area contributed by atoms with Crippen molar-refractivity contribution in [1.82, 2.24) is 20.4 Å². The zero-order chi connectivity index (χ0) is 22.2. The number of carbonyl (C=O) groups is 2. The molecule has 4 aromatic rings. The fraction of sp³-hybridized carbons (Fsp3) is 0.160. The lowest BCUT2D eigenvalue weighted by molar-refractivity contribution is -0.121. The molecule has 32 heavy (non-hydrogen) atoms. The summed E-state index contributed by atoms with van der Waals surface area (Å²) in [5, 5.41) is 9.85. The number of nitrogens with one attached hydrogen (secondary N) is 2. The predicted octanol–water partition coefficient (Wildman–Crippen LogP) is 3.63. The van der Waals surface area contributed by atoms with Gasteiger partial charge in [0.25, 0.3) is 5.91 Å². The van der Waals surface area contributed by atoms with Crippen LogP contribution in [0.25, 0.3) is 11.1 Å². The fourth-order valence-electron chi connectivity index (χ4n) is 3.39. The molecule has 162 valence electrons. The number of furan rings is 1. The van der Waals surface area contributed by atoms with Gasteiger partial charge in [0.2, 0.25) is 5.91 Å². The van der Waals surface area contributed by atoms with Crippen LogP contribution in [0.5, 0.6) is 0 Å². The summed E-state index contributed by atoms with van der Waals surface area (Å²) in [6.45, 7) is 1.38. The Balaban J connectivity index is 1.31. The second-order valence-electron chi connectivity index (χ2n) is 7.32. The summed E-state index contributed by atoms with van der Waals surface area (Å²) in [5.41, 5.74) is 4.36. The molecular formula is C25H24N4O3. The molecule has 2 aromatic heterocycles. The first-order valence-corrected chi connectivity index (χ1v) is 10.4. The minimum Gasteiger partial charge on any atom is -0.459 e. The molecule has 7 heteroatoms. The fourth-order valence-corrected chi connectivity index (χ4v) is 3.39. The van der Waals surface area contributed by atoms with Gasteiger partial charge in [0.1, 0.15) is 0 Å². The molecular weight excluding hydrogens is 404 g/mol. The van der Waals surface area contributed by atoms with Crippen LogP contribution in [0.4, 0.5) is 0 Å². The number of hydrogen-bond acceptors (Lipinski definition) is 4. The van der Waals surface area contributed by atoms with E-state index in [1.165, 1.54) is 11.8 Å². The third-order valence-corrected chi connectivity index (χ3v) is 5.04. The van der Waals surface area contributed by atoms with E-state index in [4.69, 9.17) is 4.42 Å². The van der Waals surface area contributed by atoms with Gasteiger partial charge in [-0.2, -0.15) is 5.10 Å². The third kappa shape index (κ3) is 5.51. The number of benzene rings is 2. The Morgan fingerprint density at radius 2 is 1.78 bits per heavy atom. The van der Waals surface area contributed by atoms with Gasteiger partial charge in [-0.1, -0.05) is 48.5 Å². The first-order chi connectivity index (χ1) is 15.7. The Morgan fingerprint density at radius 3 is 2.53 bits per heavy atom. The Morgan fingerprint density at radius 1 is 0.938 bits per heavy atom. The van der Waals surface area contributed by atoms with Crippen molar-refractivity contribution in [3.8, 4) is 11.1 Å². The minimum absolute atomic E-state index is 0.130. The highest BCUT2D eigenvalue weighted by atomic mass is 16.3. The number of carbonyl (C=O) groups excluding carboxylic acids is 2. The van der Waals surface area contributed by atoms with Gasteiger partial charge in [-0.05, 0) is 40.5 Å². The Kier molecular flexibility index (Phi) is 6.77. The zero-order valence-electron chi connectivity index (χ0n) is 17.5. The summed E-state index contributed by atoms with van der Waals surface area (Å²) < 4.78 is 6.91. The smallest absolute Gasteiger partial charge is 0.286 e. The first-order valence-electron chi connectivity index (χ1n) is 10.4. The van der Waals surface area contributed by atoms with E-state index in [2.05, 4.69) is 40.0 Å². The highest BCUT2D eigenvalue weighted by Gasteiger charge is 2.10. The number of amides is 2. The molecule has 0 atom stereocenters. The Hall–Kier alpha value is -4.13. The quantitative estimate of drug-likeness (QED) is 0.426. The van der Waals surface area contributed by atoms with Crippen molar-refractivity contribution in [3.63, 3.8) is 0 Å². The maximum atomic E-state index is 12.2. The molecule has 0 saturated heterocycles. The molecule has 0 aliphatic heterocycles. The van der Waals surface area contributed by atoms with E-state index in [0.717, 1.165) is 23.2 Å². The van der Waals surface area contributed by atoms with Crippen molar-refractivity contribution in [2.24, 2.45) is 0 Å². The number of aromatic nitrogens is 2. The van der Waals surface area contributed by atoms with Crippen LogP contribution in [0, 0.1) is 0 Å². The summed E-state index contributed by atoms with van der Waals surface area (Å²) >= 11 is 0. The van der Waals surface area contributed by atoms with Gasteiger partial charge < -0.3 is 15.1 Å². The van der Waals surface area contributed by atoms with Gasteiger partial charge in [-0.25, -0.2) is 0 Å². The average molecular weight is 428 g/mol. The molecule has 2 N–H and O–H groups in total. The monoisotopic (exact) mass is 428 g/mol. The number of rotatable bonds is 9. The van der Waals surface area contributed by atoms with Crippen LogP contribution >= 0.6 is 0 Å². The normalized spacial score (nSPS) is 10.6. The molecule has 7 nitrogen and oxygen atoms in total. The van der Waals surface area contributed by atoms with Crippen LogP contribution in [0.15, 0.2) is 89.8 Å². The molecule has 0 aliphatic carbocycles. The average Bonchev–Trinajstić information content (AvgIpc) is 3.53. The summed E-state index contributed by atoms with van der Waals surface area (Å²) in [6, 6.07) is 21.5. The summed E-state index contributed by atoms with van der Waals surface area (Å²) in [6.07, 6.45) is 5.34. The molecule has 0 aliphatic rings. The Bertz CT molecular complexity index is 1150. The molecule has 2 amide bonds. The Labute approximate surface area is 186 Å². The number of hydrogen-bond donors (Lipinski definition) is 2. The van der Waals surface area contributed by atoms with Crippen molar-refractivity contribution in [2.45, 2.75) is 19.5 Å². The van der Waals surface area contributed by atoms with E-state index >= 15 is 0 Å². The van der Waals surface area contributed by atoms with E-state index in [0.29, 0.717) is 6.54 Å². The molecule has 4 rings (SSSR count). The van der Waals surface area contributed by atoms with Crippen LogP contribution in [-0.4, -0.2) is 28.1 Å². The maximum absolute atomic E-state index is 12.2. The molecule has 0 radical (unpaired) electrons. The molecule has 0 bridgehead atoms. The van der Waals surface area contributed by atoms with Crippen LogP contribution < -0.4 is 10.6 Å². The summed E-state index contributed by atoms with van der Waals surface area (Å²) in [5.74, 6) is -0.228. The largest absolute Gasteiger partial charge is 0.459 e. The molecule has 2 heterocycles. The second kappa shape index (κ2) is 10.3. The summed E-state index contributed by atoms with van der Waals surface area (Å²) in [4.78, 5) is 24.1. The lowest BCUT2D eigenvalue weighted by Crippen LogP contribution is -2.30. The van der Waals surface area contributed by atoms with E-state index < -0.39 is 0 Å². The topological polar surface area (TPSA) is 89.2 Å². The van der Waals surface area contributed by atoms with Crippen LogP contribution in [0.1, 0.15) is 28.1 Å². The van der Waals surface area contributed by atoms with Crippen LogP contribution in [-0.2, 0) is 17.9 Å². The lowest BCUT2D eigenvalue weighted by atomic mass is 9.98. The van der Waals surface area contributed by atoms with E-state index in [-0.39, 0.29) is 30.5 Å². The van der Waals surface area contributed by atoms with E-state index in [1.54, 1.807) is 18.3 Å². The van der Waals surface area contributed by atoms with Crippen molar-refractivity contribution in [2.75, 3.05) is 6.54 Å². The van der Waals surface area contributed by atoms with Crippen molar-refractivity contribution >= 4 is 11.8 Å². The lowest BCUT2D eigenvalue weighted by Gasteiger charge is -2.12. The van der Waals surface area contributed by atoms with Crippen molar-refractivity contribution in [1.29, 1.82) is 0 Å². The van der Waals surface area contributed by atoms with Gasteiger partial charge in [-0.3, -0.25) is 14.3 Å². The molecule has 0 spiro atoms. The molecule has 2 aromatic carbocycles.